The van der Waals surface area contributed by atoms with Crippen molar-refractivity contribution in [1.82, 2.24) is 0 Å². The van der Waals surface area contributed by atoms with Crippen LogP contribution in [0.1, 0.15) is 47.7 Å². The average molecular weight is 288 g/mol. The smallest absolute Gasteiger partial charge is 0.195 e. The summed E-state index contributed by atoms with van der Waals surface area (Å²) < 4.78 is 0. The van der Waals surface area contributed by atoms with Crippen molar-refractivity contribution in [2.45, 2.75) is 26.2 Å². The van der Waals surface area contributed by atoms with E-state index in [9.17, 15) is 4.79 Å². The molecule has 0 heterocycles. The third-order valence-electron chi connectivity index (χ3n) is 3.61. The predicted octanol–water partition coefficient (Wildman–Crippen LogP) is 4.67. The highest BCUT2D eigenvalue weighted by Gasteiger charge is 2.13. The van der Waals surface area contributed by atoms with Crippen LogP contribution in [0.2, 0.25) is 5.02 Å². The molecule has 2 nitrogen and oxygen atoms in total. The highest BCUT2D eigenvalue weighted by Crippen LogP contribution is 2.23. The van der Waals surface area contributed by atoms with Gasteiger partial charge < -0.3 is 5.73 Å². The molecule has 104 valence electrons. The molecule has 1 unspecified atom stereocenters. The lowest BCUT2D eigenvalue weighted by Gasteiger charge is -2.10. The number of nitrogens with two attached hydrogens (primary N) is 1. The van der Waals surface area contributed by atoms with Crippen LogP contribution >= 0.6 is 11.6 Å². The Kier molecular flexibility index (Phi) is 4.46. The van der Waals surface area contributed by atoms with Gasteiger partial charge in [0.25, 0.3) is 0 Å². The molecule has 2 rings (SSSR count). The fraction of sp³-hybridized carbons (Fsp3) is 0.235. The fourth-order valence-electron chi connectivity index (χ4n) is 2.09. The molecule has 0 amide bonds. The second-order valence-corrected chi connectivity index (χ2v) is 5.43. The number of carbonyl (C=O) groups is 1. The Morgan fingerprint density at radius 3 is 2.40 bits per heavy atom. The molecule has 0 saturated carbocycles. The molecular formula is C17H18ClNO. The zero-order chi connectivity index (χ0) is 14.7. The topological polar surface area (TPSA) is 43.1 Å². The first-order valence-corrected chi connectivity index (χ1v) is 7.10. The zero-order valence-corrected chi connectivity index (χ0v) is 12.4. The molecule has 3 heteroatoms. The molecule has 2 aromatic rings. The number of halogens is 1. The van der Waals surface area contributed by atoms with Crippen molar-refractivity contribution in [3.63, 3.8) is 0 Å². The van der Waals surface area contributed by atoms with Gasteiger partial charge >= 0.3 is 0 Å². The van der Waals surface area contributed by atoms with Gasteiger partial charge in [0, 0.05) is 21.8 Å². The van der Waals surface area contributed by atoms with E-state index in [0.717, 1.165) is 6.42 Å². The van der Waals surface area contributed by atoms with Crippen molar-refractivity contribution in [2.24, 2.45) is 0 Å². The molecule has 0 aliphatic rings. The Hall–Kier alpha value is -1.80. The van der Waals surface area contributed by atoms with Crippen LogP contribution in [0.15, 0.2) is 42.5 Å². The predicted molar refractivity (Wildman–Crippen MR) is 84.4 cm³/mol. The van der Waals surface area contributed by atoms with Crippen molar-refractivity contribution in [1.29, 1.82) is 0 Å². The number of rotatable bonds is 4. The monoisotopic (exact) mass is 287 g/mol. The summed E-state index contributed by atoms with van der Waals surface area (Å²) in [7, 11) is 0. The third-order valence-corrected chi connectivity index (χ3v) is 3.85. The minimum atomic E-state index is -0.0742. The number of benzene rings is 2. The second kappa shape index (κ2) is 6.10. The SMILES string of the molecule is CCC(C)c1ccc(C(=O)c2ccc(Cl)cc2N)cc1. The first-order valence-electron chi connectivity index (χ1n) is 6.72. The second-order valence-electron chi connectivity index (χ2n) is 4.99. The van der Waals surface area contributed by atoms with E-state index >= 15 is 0 Å². The van der Waals surface area contributed by atoms with Gasteiger partial charge in [-0.25, -0.2) is 0 Å². The van der Waals surface area contributed by atoms with Crippen LogP contribution < -0.4 is 5.73 Å². The van der Waals surface area contributed by atoms with Gasteiger partial charge in [0.05, 0.1) is 0 Å². The molecule has 0 fully saturated rings. The van der Waals surface area contributed by atoms with Crippen LogP contribution in [0, 0.1) is 0 Å². The first-order chi connectivity index (χ1) is 9.52. The van der Waals surface area contributed by atoms with E-state index in [1.807, 2.05) is 24.3 Å². The number of hydrogen-bond donors (Lipinski definition) is 1. The van der Waals surface area contributed by atoms with Crippen LogP contribution in [-0.4, -0.2) is 5.78 Å². The van der Waals surface area contributed by atoms with E-state index in [0.29, 0.717) is 27.8 Å². The van der Waals surface area contributed by atoms with Gasteiger partial charge in [0.2, 0.25) is 0 Å². The average Bonchev–Trinajstić information content (AvgIpc) is 2.46. The van der Waals surface area contributed by atoms with Crippen molar-refractivity contribution in [2.75, 3.05) is 5.73 Å². The molecule has 1 atom stereocenters. The maximum atomic E-state index is 12.4. The molecule has 0 radical (unpaired) electrons. The van der Waals surface area contributed by atoms with Gasteiger partial charge in [-0.15, -0.1) is 0 Å². The van der Waals surface area contributed by atoms with Gasteiger partial charge in [0.1, 0.15) is 0 Å². The molecule has 0 bridgehead atoms. The van der Waals surface area contributed by atoms with Crippen molar-refractivity contribution in [3.05, 3.63) is 64.2 Å². The Balaban J connectivity index is 2.29. The lowest BCUT2D eigenvalue weighted by Crippen LogP contribution is -2.05. The van der Waals surface area contributed by atoms with E-state index in [4.69, 9.17) is 17.3 Å². The van der Waals surface area contributed by atoms with E-state index < -0.39 is 0 Å². The Morgan fingerprint density at radius 1 is 1.20 bits per heavy atom. The van der Waals surface area contributed by atoms with Crippen LogP contribution in [0.5, 0.6) is 0 Å². The summed E-state index contributed by atoms with van der Waals surface area (Å²) >= 11 is 5.85. The number of anilines is 1. The molecule has 0 saturated heterocycles. The third kappa shape index (κ3) is 3.02. The van der Waals surface area contributed by atoms with E-state index in [1.165, 1.54) is 5.56 Å². The lowest BCUT2D eigenvalue weighted by atomic mass is 9.95. The van der Waals surface area contributed by atoms with Crippen LogP contribution in [0.25, 0.3) is 0 Å². The van der Waals surface area contributed by atoms with Crippen LogP contribution in [-0.2, 0) is 0 Å². The number of carbonyl (C=O) groups excluding carboxylic acids is 1. The number of ketones is 1. The van der Waals surface area contributed by atoms with Crippen molar-refractivity contribution in [3.8, 4) is 0 Å². The number of hydrogen-bond acceptors (Lipinski definition) is 2. The zero-order valence-electron chi connectivity index (χ0n) is 11.7. The number of nitrogen functional groups attached to an aromatic ring is 1. The normalized spacial score (nSPS) is 12.2. The minimum Gasteiger partial charge on any atom is -0.398 e. The Morgan fingerprint density at radius 2 is 1.85 bits per heavy atom. The molecule has 2 aromatic carbocycles. The van der Waals surface area contributed by atoms with Crippen molar-refractivity contribution < 1.29 is 4.79 Å². The van der Waals surface area contributed by atoms with Crippen LogP contribution in [0.4, 0.5) is 5.69 Å². The summed E-state index contributed by atoms with van der Waals surface area (Å²) in [5, 5.41) is 0.533. The fourth-order valence-corrected chi connectivity index (χ4v) is 2.28. The highest BCUT2D eigenvalue weighted by atomic mass is 35.5. The van der Waals surface area contributed by atoms with Crippen molar-refractivity contribution >= 4 is 23.1 Å². The minimum absolute atomic E-state index is 0.0742. The van der Waals surface area contributed by atoms with E-state index in [-0.39, 0.29) is 5.78 Å². The first kappa shape index (κ1) is 14.6. The summed E-state index contributed by atoms with van der Waals surface area (Å²) in [6.07, 6.45) is 1.08. The largest absolute Gasteiger partial charge is 0.398 e. The summed E-state index contributed by atoms with van der Waals surface area (Å²) in [5.41, 5.74) is 8.64. The maximum absolute atomic E-state index is 12.4. The summed E-state index contributed by atoms with van der Waals surface area (Å²) in [5.74, 6) is 0.426. The molecule has 2 N–H and O–H groups in total. The summed E-state index contributed by atoms with van der Waals surface area (Å²) in [6.45, 7) is 4.33. The van der Waals surface area contributed by atoms with Gasteiger partial charge in [-0.2, -0.15) is 0 Å². The summed E-state index contributed by atoms with van der Waals surface area (Å²) in [6, 6.07) is 12.7. The Bertz CT molecular complexity index is 619. The standard InChI is InChI=1S/C17H18ClNO/c1-3-11(2)12-4-6-13(7-5-12)17(20)15-9-8-14(18)10-16(15)19/h4-11H,3,19H2,1-2H3. The molecule has 20 heavy (non-hydrogen) atoms. The lowest BCUT2D eigenvalue weighted by molar-refractivity contribution is 0.103. The van der Waals surface area contributed by atoms with Gasteiger partial charge in [-0.1, -0.05) is 49.7 Å². The summed E-state index contributed by atoms with van der Waals surface area (Å²) in [4.78, 5) is 12.4. The quantitative estimate of drug-likeness (QED) is 0.656. The Labute approximate surface area is 124 Å². The molecule has 0 aliphatic carbocycles. The van der Waals surface area contributed by atoms with Gasteiger partial charge in [0.15, 0.2) is 5.78 Å². The van der Waals surface area contributed by atoms with Gasteiger partial charge in [-0.3, -0.25) is 4.79 Å². The maximum Gasteiger partial charge on any atom is 0.195 e. The highest BCUT2D eigenvalue weighted by molar-refractivity contribution is 6.31. The molecule has 0 aliphatic heterocycles. The van der Waals surface area contributed by atoms with E-state index in [1.54, 1.807) is 18.2 Å². The molecule has 0 aromatic heterocycles. The molecule has 0 spiro atoms. The van der Waals surface area contributed by atoms with Crippen LogP contribution in [0.3, 0.4) is 0 Å². The molecular weight excluding hydrogens is 270 g/mol. The van der Waals surface area contributed by atoms with Gasteiger partial charge in [-0.05, 0) is 36.1 Å². The van der Waals surface area contributed by atoms with E-state index in [2.05, 4.69) is 13.8 Å².